The van der Waals surface area contributed by atoms with Gasteiger partial charge in [-0.2, -0.15) is 0 Å². The maximum atomic E-state index is 4.52. The van der Waals surface area contributed by atoms with Crippen molar-refractivity contribution in [1.82, 2.24) is 0 Å². The summed E-state index contributed by atoms with van der Waals surface area (Å²) < 4.78 is 0. The van der Waals surface area contributed by atoms with Crippen LogP contribution in [0.3, 0.4) is 0 Å². The van der Waals surface area contributed by atoms with Crippen LogP contribution >= 0.6 is 0 Å². The van der Waals surface area contributed by atoms with Gasteiger partial charge in [0.2, 0.25) is 0 Å². The van der Waals surface area contributed by atoms with E-state index in [-0.39, 0.29) is 5.54 Å². The number of nitrogens with zero attached hydrogens (tertiary/aromatic N) is 1. The zero-order chi connectivity index (χ0) is 7.07. The van der Waals surface area contributed by atoms with E-state index < -0.39 is 0 Å². The average Bonchev–Trinajstić information content (AvgIpc) is 1.79. The molecule has 52 valence electrons. The summed E-state index contributed by atoms with van der Waals surface area (Å²) >= 11 is 0. The molecule has 0 saturated heterocycles. The molecule has 0 aromatic carbocycles. The van der Waals surface area contributed by atoms with Crippen molar-refractivity contribution in [1.29, 1.82) is 0 Å². The SMILES string of the molecule is CC1=NC(C)(C)C(C)C1. The second kappa shape index (κ2) is 1.83. The van der Waals surface area contributed by atoms with Crippen LogP contribution in [0.2, 0.25) is 0 Å². The van der Waals surface area contributed by atoms with E-state index in [1.807, 2.05) is 0 Å². The molecule has 0 aliphatic carbocycles. The predicted molar refractivity (Wildman–Crippen MR) is 41.0 cm³/mol. The van der Waals surface area contributed by atoms with Crippen molar-refractivity contribution in [2.45, 2.75) is 39.7 Å². The highest BCUT2D eigenvalue weighted by Crippen LogP contribution is 2.30. The average molecular weight is 125 g/mol. The van der Waals surface area contributed by atoms with Crippen LogP contribution in [0.1, 0.15) is 34.1 Å². The fourth-order valence-electron chi connectivity index (χ4n) is 1.34. The minimum absolute atomic E-state index is 0.212. The van der Waals surface area contributed by atoms with Gasteiger partial charge in [-0.25, -0.2) is 0 Å². The standard InChI is InChI=1S/C8H15N/c1-6-5-7(2)9-8(6,3)4/h6H,5H2,1-4H3. The lowest BCUT2D eigenvalue weighted by atomic mass is 9.90. The van der Waals surface area contributed by atoms with E-state index in [9.17, 15) is 0 Å². The maximum absolute atomic E-state index is 4.52. The lowest BCUT2D eigenvalue weighted by molar-refractivity contribution is 0.388. The highest BCUT2D eigenvalue weighted by Gasteiger charge is 2.30. The third-order valence-electron chi connectivity index (χ3n) is 2.29. The molecule has 9 heavy (non-hydrogen) atoms. The summed E-state index contributed by atoms with van der Waals surface area (Å²) in [6.07, 6.45) is 1.19. The molecule has 0 amide bonds. The van der Waals surface area contributed by atoms with Crippen LogP contribution < -0.4 is 0 Å². The Hall–Kier alpha value is -0.330. The van der Waals surface area contributed by atoms with E-state index in [0.717, 1.165) is 5.92 Å². The van der Waals surface area contributed by atoms with E-state index in [1.54, 1.807) is 0 Å². The van der Waals surface area contributed by atoms with Gasteiger partial charge in [-0.15, -0.1) is 0 Å². The van der Waals surface area contributed by atoms with Gasteiger partial charge in [-0.1, -0.05) is 6.92 Å². The van der Waals surface area contributed by atoms with Gasteiger partial charge in [0.25, 0.3) is 0 Å². The molecule has 0 N–H and O–H groups in total. The van der Waals surface area contributed by atoms with Crippen molar-refractivity contribution in [3.05, 3.63) is 0 Å². The Labute approximate surface area is 57.2 Å². The van der Waals surface area contributed by atoms with E-state index in [1.165, 1.54) is 12.1 Å². The van der Waals surface area contributed by atoms with Crippen molar-refractivity contribution >= 4 is 5.71 Å². The zero-order valence-electron chi connectivity index (χ0n) is 6.73. The van der Waals surface area contributed by atoms with Crippen molar-refractivity contribution in [2.75, 3.05) is 0 Å². The normalized spacial score (nSPS) is 32.4. The Balaban J connectivity index is 2.76. The molecule has 0 radical (unpaired) electrons. The van der Waals surface area contributed by atoms with Gasteiger partial charge in [0.1, 0.15) is 0 Å². The first-order valence-electron chi connectivity index (χ1n) is 3.58. The molecule has 1 rings (SSSR count). The molecule has 1 aliphatic rings. The second-order valence-electron chi connectivity index (χ2n) is 3.61. The topological polar surface area (TPSA) is 12.4 Å². The van der Waals surface area contributed by atoms with E-state index in [2.05, 4.69) is 32.7 Å². The molecular formula is C8H15N. The van der Waals surface area contributed by atoms with E-state index >= 15 is 0 Å². The predicted octanol–water partition coefficient (Wildman–Crippen LogP) is 2.27. The molecule has 1 heteroatoms. The lowest BCUT2D eigenvalue weighted by Crippen LogP contribution is -2.21. The number of aliphatic imine (C=N–C) groups is 1. The maximum Gasteiger partial charge on any atom is 0.0580 e. The van der Waals surface area contributed by atoms with Crippen LogP contribution in [0.25, 0.3) is 0 Å². The van der Waals surface area contributed by atoms with Crippen molar-refractivity contribution in [2.24, 2.45) is 10.9 Å². The molecule has 1 aliphatic heterocycles. The summed E-state index contributed by atoms with van der Waals surface area (Å²) in [6.45, 7) is 8.79. The Morgan fingerprint density at radius 2 is 2.11 bits per heavy atom. The molecule has 0 saturated carbocycles. The highest BCUT2D eigenvalue weighted by atomic mass is 14.9. The number of hydrogen-bond donors (Lipinski definition) is 0. The van der Waals surface area contributed by atoms with Gasteiger partial charge in [0.15, 0.2) is 0 Å². The Morgan fingerprint density at radius 1 is 1.56 bits per heavy atom. The molecule has 0 aromatic rings. The second-order valence-corrected chi connectivity index (χ2v) is 3.61. The van der Waals surface area contributed by atoms with Gasteiger partial charge in [0, 0.05) is 5.71 Å². The van der Waals surface area contributed by atoms with Crippen LogP contribution in [0.5, 0.6) is 0 Å². The molecular weight excluding hydrogens is 110 g/mol. The first-order valence-corrected chi connectivity index (χ1v) is 3.58. The molecule has 0 aromatic heterocycles. The summed E-state index contributed by atoms with van der Waals surface area (Å²) in [7, 11) is 0. The Bertz CT molecular complexity index is 145. The Kier molecular flexibility index (Phi) is 1.38. The molecule has 1 atom stereocenters. The first kappa shape index (κ1) is 6.79. The van der Waals surface area contributed by atoms with Crippen molar-refractivity contribution in [3.63, 3.8) is 0 Å². The van der Waals surface area contributed by atoms with Crippen molar-refractivity contribution in [3.8, 4) is 0 Å². The monoisotopic (exact) mass is 125 g/mol. The summed E-state index contributed by atoms with van der Waals surface area (Å²) in [5.74, 6) is 0.734. The smallest absolute Gasteiger partial charge is 0.0580 e. The summed E-state index contributed by atoms with van der Waals surface area (Å²) in [5, 5.41) is 0. The highest BCUT2D eigenvalue weighted by molar-refractivity contribution is 5.84. The molecule has 0 spiro atoms. The van der Waals surface area contributed by atoms with Crippen LogP contribution in [0, 0.1) is 5.92 Å². The fraction of sp³-hybridized carbons (Fsp3) is 0.875. The minimum atomic E-state index is 0.212. The zero-order valence-corrected chi connectivity index (χ0v) is 6.73. The summed E-state index contributed by atoms with van der Waals surface area (Å²) in [4.78, 5) is 4.52. The minimum Gasteiger partial charge on any atom is -0.288 e. The largest absolute Gasteiger partial charge is 0.288 e. The summed E-state index contributed by atoms with van der Waals surface area (Å²) in [5.41, 5.74) is 1.52. The van der Waals surface area contributed by atoms with Crippen LogP contribution in [0.15, 0.2) is 4.99 Å². The molecule has 1 heterocycles. The molecule has 1 nitrogen and oxygen atoms in total. The van der Waals surface area contributed by atoms with Gasteiger partial charge < -0.3 is 0 Å². The first-order chi connectivity index (χ1) is 4.02. The number of hydrogen-bond acceptors (Lipinski definition) is 1. The molecule has 1 unspecified atom stereocenters. The third-order valence-corrected chi connectivity index (χ3v) is 2.29. The van der Waals surface area contributed by atoms with Gasteiger partial charge in [0.05, 0.1) is 5.54 Å². The van der Waals surface area contributed by atoms with Crippen LogP contribution in [-0.4, -0.2) is 11.3 Å². The van der Waals surface area contributed by atoms with E-state index in [4.69, 9.17) is 0 Å². The molecule has 0 bridgehead atoms. The van der Waals surface area contributed by atoms with Gasteiger partial charge >= 0.3 is 0 Å². The van der Waals surface area contributed by atoms with E-state index in [0.29, 0.717) is 0 Å². The number of rotatable bonds is 0. The fourth-order valence-corrected chi connectivity index (χ4v) is 1.34. The van der Waals surface area contributed by atoms with Crippen molar-refractivity contribution < 1.29 is 0 Å². The summed E-state index contributed by atoms with van der Waals surface area (Å²) in [6, 6.07) is 0. The quantitative estimate of drug-likeness (QED) is 0.471. The Morgan fingerprint density at radius 3 is 2.22 bits per heavy atom. The lowest BCUT2D eigenvalue weighted by Gasteiger charge is -2.19. The van der Waals surface area contributed by atoms with Gasteiger partial charge in [-0.3, -0.25) is 4.99 Å². The van der Waals surface area contributed by atoms with Crippen LogP contribution in [-0.2, 0) is 0 Å². The third kappa shape index (κ3) is 1.15. The van der Waals surface area contributed by atoms with Crippen LogP contribution in [0.4, 0.5) is 0 Å². The molecule has 0 fully saturated rings. The van der Waals surface area contributed by atoms with Gasteiger partial charge in [-0.05, 0) is 33.1 Å².